The second kappa shape index (κ2) is 16.3. The third-order valence-corrected chi connectivity index (χ3v) is 11.7. The van der Waals surface area contributed by atoms with Crippen LogP contribution in [-0.4, -0.2) is 95.4 Å². The van der Waals surface area contributed by atoms with E-state index in [-0.39, 0.29) is 36.0 Å². The van der Waals surface area contributed by atoms with E-state index in [0.29, 0.717) is 13.0 Å². The van der Waals surface area contributed by atoms with Gasteiger partial charge >= 0.3 is 5.97 Å². The van der Waals surface area contributed by atoms with E-state index in [4.69, 9.17) is 4.74 Å². The van der Waals surface area contributed by atoms with Gasteiger partial charge in [-0.25, -0.2) is 13.4 Å². The molecule has 0 bridgehead atoms. The lowest BCUT2D eigenvalue weighted by Gasteiger charge is -2.39. The molecule has 268 valence electrons. The van der Waals surface area contributed by atoms with Crippen molar-refractivity contribution >= 4 is 27.0 Å². The molecule has 1 atom stereocenters. The number of imidazole rings is 1. The smallest absolute Gasteiger partial charge is 0.320 e. The molecule has 6 rings (SSSR count). The summed E-state index contributed by atoms with van der Waals surface area (Å²) in [6.45, 7) is 9.85. The average Bonchev–Trinajstić information content (AvgIpc) is 3.45. The van der Waals surface area contributed by atoms with Crippen molar-refractivity contribution in [3.8, 4) is 0 Å². The number of esters is 1. The first-order valence-electron chi connectivity index (χ1n) is 17.7. The molecule has 0 saturated carbocycles. The van der Waals surface area contributed by atoms with Crippen molar-refractivity contribution in [2.75, 3.05) is 46.4 Å². The zero-order valence-corrected chi connectivity index (χ0v) is 30.7. The van der Waals surface area contributed by atoms with Crippen molar-refractivity contribution < 1.29 is 17.9 Å². The predicted molar refractivity (Wildman–Crippen MR) is 200 cm³/mol. The normalized spacial score (nSPS) is 15.2. The van der Waals surface area contributed by atoms with Gasteiger partial charge in [0.25, 0.3) is 0 Å². The van der Waals surface area contributed by atoms with Crippen LogP contribution in [0.2, 0.25) is 0 Å². The topological polar surface area (TPSA) is 101 Å². The van der Waals surface area contributed by atoms with E-state index in [1.165, 1.54) is 15.4 Å². The van der Waals surface area contributed by atoms with Gasteiger partial charge in [-0.3, -0.25) is 19.6 Å². The van der Waals surface area contributed by atoms with Crippen LogP contribution in [0.1, 0.15) is 48.8 Å². The molecule has 0 aliphatic carbocycles. The molecule has 3 aromatic carbocycles. The molecule has 51 heavy (non-hydrogen) atoms. The van der Waals surface area contributed by atoms with Crippen LogP contribution in [0.15, 0.2) is 108 Å². The van der Waals surface area contributed by atoms with Crippen molar-refractivity contribution in [3.63, 3.8) is 0 Å². The fourth-order valence-electron chi connectivity index (χ4n) is 6.96. The fraction of sp³-hybridized carbons (Fsp3) is 0.375. The summed E-state index contributed by atoms with van der Waals surface area (Å²) in [5.41, 5.74) is 5.26. The van der Waals surface area contributed by atoms with Crippen molar-refractivity contribution in [2.45, 2.75) is 50.7 Å². The molecule has 3 heterocycles. The monoisotopic (exact) mass is 708 g/mol. The van der Waals surface area contributed by atoms with Gasteiger partial charge in [0.2, 0.25) is 10.0 Å². The van der Waals surface area contributed by atoms with Crippen molar-refractivity contribution in [1.29, 1.82) is 0 Å². The van der Waals surface area contributed by atoms with Gasteiger partial charge in [0.05, 0.1) is 35.2 Å². The summed E-state index contributed by atoms with van der Waals surface area (Å²) in [7, 11) is -2.26. The summed E-state index contributed by atoms with van der Waals surface area (Å²) in [6.07, 6.45) is 4.04. The average molecular weight is 709 g/mol. The second-order valence-corrected chi connectivity index (χ2v) is 15.8. The van der Waals surface area contributed by atoms with Gasteiger partial charge in [-0.15, -0.1) is 0 Å². The lowest BCUT2D eigenvalue weighted by Crippen LogP contribution is -2.49. The second-order valence-electron chi connectivity index (χ2n) is 13.8. The number of fused-ring (bicyclic) bond motifs is 1. The number of aryl methyl sites for hydroxylation is 1. The van der Waals surface area contributed by atoms with E-state index in [2.05, 4.69) is 72.9 Å². The minimum absolute atomic E-state index is 0.00326. The summed E-state index contributed by atoms with van der Waals surface area (Å²) >= 11 is 0. The Balaban J connectivity index is 1.05. The number of carbonyl (C=O) groups excluding carboxylic acids is 1. The predicted octanol–water partition coefficient (Wildman–Crippen LogP) is 5.77. The van der Waals surface area contributed by atoms with Gasteiger partial charge in [0.1, 0.15) is 17.9 Å². The Morgan fingerprint density at radius 2 is 1.51 bits per heavy atom. The number of rotatable bonds is 14. The fourth-order valence-corrected chi connectivity index (χ4v) is 8.31. The van der Waals surface area contributed by atoms with Gasteiger partial charge < -0.3 is 9.30 Å². The number of hydrogen-bond donors (Lipinski definition) is 0. The first kappa shape index (κ1) is 36.4. The highest BCUT2D eigenvalue weighted by Crippen LogP contribution is 2.29. The Morgan fingerprint density at radius 1 is 0.882 bits per heavy atom. The molecule has 10 nitrogen and oxygen atoms in total. The van der Waals surface area contributed by atoms with Gasteiger partial charge in [-0.2, -0.15) is 4.31 Å². The maximum atomic E-state index is 13.8. The number of pyridine rings is 1. The number of carbonyl (C=O) groups is 1. The van der Waals surface area contributed by atoms with Crippen LogP contribution >= 0.6 is 0 Å². The summed E-state index contributed by atoms with van der Waals surface area (Å²) in [6, 6.07) is 29.6. The van der Waals surface area contributed by atoms with E-state index < -0.39 is 16.1 Å². The Morgan fingerprint density at radius 3 is 2.12 bits per heavy atom. The van der Waals surface area contributed by atoms with Crippen LogP contribution < -0.4 is 0 Å². The molecule has 0 unspecified atom stereocenters. The quantitative estimate of drug-likeness (QED) is 0.134. The van der Waals surface area contributed by atoms with E-state index in [1.54, 1.807) is 31.6 Å². The molecular formula is C40H48N6O4S. The van der Waals surface area contributed by atoms with Crippen LogP contribution in [0.5, 0.6) is 0 Å². The maximum absolute atomic E-state index is 13.8. The molecule has 11 heteroatoms. The van der Waals surface area contributed by atoms with E-state index in [9.17, 15) is 13.2 Å². The lowest BCUT2D eigenvalue weighted by atomic mass is 9.96. The molecule has 1 saturated heterocycles. The Kier molecular flexibility index (Phi) is 11.6. The zero-order valence-electron chi connectivity index (χ0n) is 29.9. The van der Waals surface area contributed by atoms with Crippen molar-refractivity contribution in [2.24, 2.45) is 5.92 Å². The third-order valence-electron chi connectivity index (χ3n) is 9.73. The first-order valence-corrected chi connectivity index (χ1v) is 19.1. The third kappa shape index (κ3) is 8.73. The minimum Gasteiger partial charge on any atom is -0.463 e. The molecule has 1 fully saturated rings. The number of sulfonamides is 1. The molecule has 0 amide bonds. The molecule has 1 aliphatic heterocycles. The van der Waals surface area contributed by atoms with Gasteiger partial charge in [0, 0.05) is 46.0 Å². The zero-order chi connectivity index (χ0) is 36.0. The first-order chi connectivity index (χ1) is 24.6. The van der Waals surface area contributed by atoms with Crippen LogP contribution in [0.3, 0.4) is 0 Å². The lowest BCUT2D eigenvalue weighted by molar-refractivity contribution is -0.146. The number of ether oxygens (including phenoxy) is 1. The molecular weight excluding hydrogens is 661 g/mol. The number of nitrogens with zero attached hydrogens (tertiary/aromatic N) is 6. The number of likely N-dealkylation sites (N-methyl/N-ethyl adjacent to an activating group) is 1. The maximum Gasteiger partial charge on any atom is 0.320 e. The largest absolute Gasteiger partial charge is 0.463 e. The Hall–Kier alpha value is -4.42. The molecule has 5 aromatic rings. The van der Waals surface area contributed by atoms with Crippen LogP contribution in [-0.2, 0) is 26.1 Å². The Bertz CT molecular complexity index is 1950. The molecule has 2 aromatic heterocycles. The molecule has 1 aliphatic rings. The van der Waals surface area contributed by atoms with Crippen molar-refractivity contribution in [1.82, 2.24) is 28.6 Å². The van der Waals surface area contributed by atoms with Crippen LogP contribution in [0.25, 0.3) is 11.0 Å². The van der Waals surface area contributed by atoms with Crippen LogP contribution in [0, 0.1) is 12.8 Å². The summed E-state index contributed by atoms with van der Waals surface area (Å²) in [5, 5.41) is 0. The van der Waals surface area contributed by atoms with E-state index >= 15 is 0 Å². The Labute approximate surface area is 301 Å². The number of benzene rings is 3. The van der Waals surface area contributed by atoms with E-state index in [1.807, 2.05) is 51.1 Å². The summed E-state index contributed by atoms with van der Waals surface area (Å²) in [5.74, 6) is 0.725. The van der Waals surface area contributed by atoms with Crippen LogP contribution in [0.4, 0.5) is 0 Å². The van der Waals surface area contributed by atoms with Gasteiger partial charge in [-0.1, -0.05) is 86.6 Å². The number of piperazine rings is 1. The number of hydrogen-bond acceptors (Lipinski definition) is 8. The van der Waals surface area contributed by atoms with Gasteiger partial charge in [-0.05, 0) is 54.2 Å². The highest BCUT2D eigenvalue weighted by atomic mass is 32.2. The SMILES string of the molecule is Cc1nc2cnccc2n1Cc1ccc(S(=O)(=O)N(C)[C@H](COC(=O)CN2CCN(C(c3ccccc3)c3ccccc3)CC2)CC(C)C)cc1. The molecule has 0 spiro atoms. The highest BCUT2D eigenvalue weighted by molar-refractivity contribution is 7.89. The van der Waals surface area contributed by atoms with Crippen molar-refractivity contribution in [3.05, 3.63) is 126 Å². The van der Waals surface area contributed by atoms with Gasteiger partial charge in [0.15, 0.2) is 0 Å². The summed E-state index contributed by atoms with van der Waals surface area (Å²) in [4.78, 5) is 26.7. The molecule has 0 N–H and O–H groups in total. The minimum atomic E-state index is -3.84. The molecule has 0 radical (unpaired) electrons. The highest BCUT2D eigenvalue weighted by Gasteiger charge is 2.31. The number of aromatic nitrogens is 3. The summed E-state index contributed by atoms with van der Waals surface area (Å²) < 4.78 is 36.9. The van der Waals surface area contributed by atoms with E-state index in [0.717, 1.165) is 48.6 Å². The standard InChI is InChI=1S/C40H48N6O4S/c1-30(2)25-35(43(4)51(48,49)36-17-15-32(16-18-36)27-46-31(3)42-37-26-41-20-19-38(37)46)29-50-39(47)28-44-21-23-45(24-22-44)40(33-11-7-5-8-12-33)34-13-9-6-10-14-34/h5-20,26,30,35,40H,21-25,27-29H2,1-4H3/t35-/m0/s1.